The van der Waals surface area contributed by atoms with Crippen LogP contribution in [0, 0.1) is 11.8 Å². The van der Waals surface area contributed by atoms with Crippen LogP contribution in [-0.4, -0.2) is 7.11 Å². The van der Waals surface area contributed by atoms with E-state index in [1.165, 1.54) is 0 Å². The Morgan fingerprint density at radius 1 is 0.852 bits per heavy atom. The summed E-state index contributed by atoms with van der Waals surface area (Å²) in [5.41, 5.74) is 4.26. The van der Waals surface area contributed by atoms with Crippen LogP contribution in [0.15, 0.2) is 84.4 Å². The monoisotopic (exact) mass is 352 g/mol. The van der Waals surface area contributed by atoms with Crippen molar-refractivity contribution in [2.45, 2.75) is 12.8 Å². The summed E-state index contributed by atoms with van der Waals surface area (Å²) in [7, 11) is 1.67. The molecule has 1 unspecified atom stereocenters. The SMILES string of the molecule is COc1ccc(C2=C(C)C(C#Cc3ccccc3)c3ccccc3O2)cc1. The molecule has 1 atom stereocenters. The fourth-order valence-electron chi connectivity index (χ4n) is 3.26. The molecule has 0 aliphatic carbocycles. The molecule has 1 heterocycles. The van der Waals surface area contributed by atoms with Gasteiger partial charge in [-0.15, -0.1) is 0 Å². The molecular weight excluding hydrogens is 332 g/mol. The predicted octanol–water partition coefficient (Wildman–Crippen LogP) is 5.65. The zero-order chi connectivity index (χ0) is 18.6. The second-order valence-electron chi connectivity index (χ2n) is 6.45. The van der Waals surface area contributed by atoms with E-state index in [0.29, 0.717) is 0 Å². The molecule has 0 fully saturated rings. The van der Waals surface area contributed by atoms with E-state index in [2.05, 4.69) is 24.8 Å². The minimum absolute atomic E-state index is 0.00717. The highest BCUT2D eigenvalue weighted by molar-refractivity contribution is 5.72. The van der Waals surface area contributed by atoms with Crippen molar-refractivity contribution in [3.8, 4) is 23.3 Å². The maximum atomic E-state index is 6.26. The number of ether oxygens (including phenoxy) is 2. The van der Waals surface area contributed by atoms with Crippen molar-refractivity contribution < 1.29 is 9.47 Å². The van der Waals surface area contributed by atoms with Crippen molar-refractivity contribution in [1.29, 1.82) is 0 Å². The lowest BCUT2D eigenvalue weighted by Gasteiger charge is -2.26. The highest BCUT2D eigenvalue weighted by atomic mass is 16.5. The van der Waals surface area contributed by atoms with Gasteiger partial charge in [-0.3, -0.25) is 0 Å². The van der Waals surface area contributed by atoms with Crippen LogP contribution in [-0.2, 0) is 0 Å². The van der Waals surface area contributed by atoms with E-state index in [-0.39, 0.29) is 5.92 Å². The van der Waals surface area contributed by atoms with Crippen LogP contribution >= 0.6 is 0 Å². The van der Waals surface area contributed by atoms with Gasteiger partial charge < -0.3 is 9.47 Å². The molecule has 0 saturated heterocycles. The minimum atomic E-state index is -0.00717. The molecule has 2 nitrogen and oxygen atoms in total. The summed E-state index contributed by atoms with van der Waals surface area (Å²) >= 11 is 0. The highest BCUT2D eigenvalue weighted by Gasteiger charge is 2.26. The molecule has 1 aliphatic rings. The van der Waals surface area contributed by atoms with E-state index in [0.717, 1.165) is 39.5 Å². The van der Waals surface area contributed by atoms with Crippen LogP contribution < -0.4 is 9.47 Å². The zero-order valence-corrected chi connectivity index (χ0v) is 15.4. The number of fused-ring (bicyclic) bond motifs is 1. The molecule has 0 aromatic heterocycles. The average molecular weight is 352 g/mol. The molecule has 3 aromatic carbocycles. The molecule has 0 amide bonds. The third-order valence-electron chi connectivity index (χ3n) is 4.72. The number of benzene rings is 3. The van der Waals surface area contributed by atoms with Gasteiger partial charge in [0.2, 0.25) is 0 Å². The smallest absolute Gasteiger partial charge is 0.135 e. The van der Waals surface area contributed by atoms with Gasteiger partial charge in [0.05, 0.1) is 13.0 Å². The Morgan fingerprint density at radius 2 is 1.56 bits per heavy atom. The number of allylic oxidation sites excluding steroid dienone is 1. The van der Waals surface area contributed by atoms with Crippen molar-refractivity contribution in [3.63, 3.8) is 0 Å². The maximum Gasteiger partial charge on any atom is 0.135 e. The number of para-hydroxylation sites is 1. The molecule has 0 saturated carbocycles. The summed E-state index contributed by atoms with van der Waals surface area (Å²) in [4.78, 5) is 0. The van der Waals surface area contributed by atoms with Crippen LogP contribution in [0.5, 0.6) is 11.5 Å². The topological polar surface area (TPSA) is 18.5 Å². The van der Waals surface area contributed by atoms with Crippen LogP contribution in [0.1, 0.15) is 29.5 Å². The van der Waals surface area contributed by atoms with E-state index < -0.39 is 0 Å². The van der Waals surface area contributed by atoms with Crippen molar-refractivity contribution >= 4 is 5.76 Å². The Labute approximate surface area is 160 Å². The second kappa shape index (κ2) is 7.43. The normalized spacial score (nSPS) is 15.3. The van der Waals surface area contributed by atoms with Gasteiger partial charge >= 0.3 is 0 Å². The molecule has 0 N–H and O–H groups in total. The summed E-state index contributed by atoms with van der Waals surface area (Å²) in [6.45, 7) is 2.10. The Bertz CT molecular complexity index is 1030. The number of methoxy groups -OCH3 is 1. The quantitative estimate of drug-likeness (QED) is 0.555. The first-order valence-electron chi connectivity index (χ1n) is 8.95. The molecular formula is C25H20O2. The van der Waals surface area contributed by atoms with Gasteiger partial charge in [0.15, 0.2) is 0 Å². The largest absolute Gasteiger partial charge is 0.497 e. The van der Waals surface area contributed by atoms with Crippen LogP contribution in [0.25, 0.3) is 5.76 Å². The van der Waals surface area contributed by atoms with E-state index in [4.69, 9.17) is 9.47 Å². The van der Waals surface area contributed by atoms with Crippen molar-refractivity contribution in [1.82, 2.24) is 0 Å². The third kappa shape index (κ3) is 3.45. The fraction of sp³-hybridized carbons (Fsp3) is 0.120. The molecule has 3 aromatic rings. The molecule has 0 radical (unpaired) electrons. The fourth-order valence-corrected chi connectivity index (χ4v) is 3.26. The van der Waals surface area contributed by atoms with E-state index in [1.807, 2.05) is 72.8 Å². The van der Waals surface area contributed by atoms with Crippen molar-refractivity contribution in [2.75, 3.05) is 7.11 Å². The first kappa shape index (κ1) is 17.0. The summed E-state index contributed by atoms with van der Waals surface area (Å²) in [6, 6.07) is 26.1. The van der Waals surface area contributed by atoms with Gasteiger partial charge in [0, 0.05) is 16.7 Å². The zero-order valence-electron chi connectivity index (χ0n) is 15.4. The molecule has 132 valence electrons. The Kier molecular flexibility index (Phi) is 4.68. The lowest BCUT2D eigenvalue weighted by Crippen LogP contribution is -2.12. The first-order valence-corrected chi connectivity index (χ1v) is 8.95. The second-order valence-corrected chi connectivity index (χ2v) is 6.45. The van der Waals surface area contributed by atoms with Gasteiger partial charge in [-0.2, -0.15) is 0 Å². The van der Waals surface area contributed by atoms with E-state index in [1.54, 1.807) is 7.11 Å². The number of hydrogen-bond donors (Lipinski definition) is 0. The maximum absolute atomic E-state index is 6.26. The standard InChI is InChI=1S/C25H20O2/c1-18-22(17-12-19-8-4-3-5-9-19)23-10-6-7-11-24(23)27-25(18)20-13-15-21(26-2)16-14-20/h3-11,13-16,22H,1-2H3. The summed E-state index contributed by atoms with van der Waals surface area (Å²) in [5.74, 6) is 9.32. The van der Waals surface area contributed by atoms with Crippen LogP contribution in [0.4, 0.5) is 0 Å². The van der Waals surface area contributed by atoms with Gasteiger partial charge in [0.1, 0.15) is 17.3 Å². The van der Waals surface area contributed by atoms with Gasteiger partial charge in [0.25, 0.3) is 0 Å². The molecule has 1 aliphatic heterocycles. The van der Waals surface area contributed by atoms with Crippen molar-refractivity contribution in [2.24, 2.45) is 0 Å². The molecule has 0 spiro atoms. The minimum Gasteiger partial charge on any atom is -0.497 e. The lowest BCUT2D eigenvalue weighted by molar-refractivity contribution is 0.414. The molecule has 0 bridgehead atoms. The van der Waals surface area contributed by atoms with Gasteiger partial charge in [-0.25, -0.2) is 0 Å². The summed E-state index contributed by atoms with van der Waals surface area (Å²) < 4.78 is 11.5. The summed E-state index contributed by atoms with van der Waals surface area (Å²) in [5, 5.41) is 0. The van der Waals surface area contributed by atoms with Gasteiger partial charge in [-0.1, -0.05) is 48.2 Å². The molecule has 2 heteroatoms. The lowest BCUT2D eigenvalue weighted by atomic mass is 9.87. The molecule has 27 heavy (non-hydrogen) atoms. The van der Waals surface area contributed by atoms with Crippen molar-refractivity contribution in [3.05, 3.63) is 101 Å². The average Bonchev–Trinajstić information content (AvgIpc) is 2.73. The van der Waals surface area contributed by atoms with Crippen LogP contribution in [0.3, 0.4) is 0 Å². The number of hydrogen-bond acceptors (Lipinski definition) is 2. The third-order valence-corrected chi connectivity index (χ3v) is 4.72. The Balaban J connectivity index is 1.79. The summed E-state index contributed by atoms with van der Waals surface area (Å²) in [6.07, 6.45) is 0. The first-order chi connectivity index (χ1) is 13.3. The van der Waals surface area contributed by atoms with Gasteiger partial charge in [-0.05, 0) is 55.0 Å². The van der Waals surface area contributed by atoms with E-state index >= 15 is 0 Å². The molecule has 4 rings (SSSR count). The van der Waals surface area contributed by atoms with E-state index in [9.17, 15) is 0 Å². The number of rotatable bonds is 2. The predicted molar refractivity (Wildman–Crippen MR) is 109 cm³/mol. The Morgan fingerprint density at radius 3 is 2.30 bits per heavy atom. The van der Waals surface area contributed by atoms with Crippen LogP contribution in [0.2, 0.25) is 0 Å². The Hall–Kier alpha value is -3.44. The highest BCUT2D eigenvalue weighted by Crippen LogP contribution is 2.41.